The van der Waals surface area contributed by atoms with Gasteiger partial charge in [-0.1, -0.05) is 17.7 Å². The van der Waals surface area contributed by atoms with Gasteiger partial charge in [-0.3, -0.25) is 4.79 Å². The fourth-order valence-electron chi connectivity index (χ4n) is 2.27. The molecule has 1 aliphatic carbocycles. The second kappa shape index (κ2) is 5.39. The van der Waals surface area contributed by atoms with E-state index in [0.29, 0.717) is 5.75 Å². The third-order valence-corrected chi connectivity index (χ3v) is 4.40. The van der Waals surface area contributed by atoms with E-state index in [1.807, 2.05) is 24.3 Å². The molecule has 0 bridgehead atoms. The summed E-state index contributed by atoms with van der Waals surface area (Å²) in [6.07, 6.45) is 2.82. The van der Waals surface area contributed by atoms with Crippen LogP contribution in [0, 0.1) is 0 Å². The van der Waals surface area contributed by atoms with Crippen LogP contribution in [0.2, 0.25) is 5.02 Å². The normalized spacial score (nSPS) is 13.5. The molecule has 0 spiro atoms. The summed E-state index contributed by atoms with van der Waals surface area (Å²) < 4.78 is 0. The van der Waals surface area contributed by atoms with Crippen molar-refractivity contribution in [2.75, 3.05) is 0 Å². The minimum absolute atomic E-state index is 0.0317. The summed E-state index contributed by atoms with van der Waals surface area (Å²) >= 11 is 7.57. The third kappa shape index (κ3) is 2.85. The summed E-state index contributed by atoms with van der Waals surface area (Å²) in [5, 5.41) is 0.723. The zero-order valence-corrected chi connectivity index (χ0v) is 11.9. The van der Waals surface area contributed by atoms with E-state index in [4.69, 9.17) is 11.6 Å². The van der Waals surface area contributed by atoms with Gasteiger partial charge < -0.3 is 4.98 Å². The number of rotatable bonds is 3. The van der Waals surface area contributed by atoms with Gasteiger partial charge in [0.15, 0.2) is 0 Å². The number of hydrogen-bond acceptors (Lipinski definition) is 3. The Morgan fingerprint density at radius 2 is 2.26 bits per heavy atom. The van der Waals surface area contributed by atoms with Gasteiger partial charge in [0, 0.05) is 15.5 Å². The van der Waals surface area contributed by atoms with Crippen LogP contribution in [0.15, 0.2) is 34.0 Å². The molecule has 0 amide bonds. The fourth-order valence-corrected chi connectivity index (χ4v) is 3.35. The predicted molar refractivity (Wildman–Crippen MR) is 77.9 cm³/mol. The van der Waals surface area contributed by atoms with Crippen LogP contribution >= 0.6 is 23.4 Å². The van der Waals surface area contributed by atoms with Crippen LogP contribution in [0.1, 0.15) is 23.5 Å². The van der Waals surface area contributed by atoms with E-state index in [9.17, 15) is 4.79 Å². The van der Waals surface area contributed by atoms with Gasteiger partial charge in [0.2, 0.25) is 0 Å². The summed E-state index contributed by atoms with van der Waals surface area (Å²) in [5.41, 5.74) is 1.88. The number of benzene rings is 1. The fraction of sp³-hybridized carbons (Fsp3) is 0.286. The summed E-state index contributed by atoms with van der Waals surface area (Å²) in [6.45, 7) is 0. The van der Waals surface area contributed by atoms with Gasteiger partial charge in [0.1, 0.15) is 5.82 Å². The highest BCUT2D eigenvalue weighted by Crippen LogP contribution is 2.24. The Kier molecular flexibility index (Phi) is 3.62. The van der Waals surface area contributed by atoms with Crippen LogP contribution in [-0.4, -0.2) is 9.97 Å². The number of halogens is 1. The van der Waals surface area contributed by atoms with Crippen molar-refractivity contribution in [3.63, 3.8) is 0 Å². The predicted octanol–water partition coefficient (Wildman–Crippen LogP) is 3.20. The van der Waals surface area contributed by atoms with Crippen LogP contribution in [0.5, 0.6) is 0 Å². The van der Waals surface area contributed by atoms with Crippen molar-refractivity contribution in [1.29, 1.82) is 0 Å². The molecule has 1 heterocycles. The number of fused-ring (bicyclic) bond motifs is 1. The monoisotopic (exact) mass is 292 g/mol. The Morgan fingerprint density at radius 3 is 3.11 bits per heavy atom. The quantitative estimate of drug-likeness (QED) is 0.884. The number of nitrogens with one attached hydrogen (secondary N) is 1. The van der Waals surface area contributed by atoms with Gasteiger partial charge in [0.05, 0.1) is 11.4 Å². The number of hydrogen-bond donors (Lipinski definition) is 1. The first-order valence-electron chi connectivity index (χ1n) is 6.22. The van der Waals surface area contributed by atoms with Crippen molar-refractivity contribution in [2.24, 2.45) is 0 Å². The average Bonchev–Trinajstić information content (AvgIpc) is 2.85. The number of aryl methyl sites for hydroxylation is 1. The van der Waals surface area contributed by atoms with Crippen molar-refractivity contribution in [3.05, 3.63) is 56.7 Å². The van der Waals surface area contributed by atoms with E-state index in [1.54, 1.807) is 11.8 Å². The lowest BCUT2D eigenvalue weighted by molar-refractivity contribution is 0.893. The molecule has 0 atom stereocenters. The number of H-pyrrole nitrogens is 1. The molecule has 0 fully saturated rings. The van der Waals surface area contributed by atoms with Gasteiger partial charge in [-0.05, 0) is 37.5 Å². The summed E-state index contributed by atoms with van der Waals surface area (Å²) in [4.78, 5) is 20.4. The van der Waals surface area contributed by atoms with Crippen LogP contribution < -0.4 is 5.56 Å². The number of aromatic nitrogens is 2. The SMILES string of the molecule is O=c1[nH]c(CSc2cccc(Cl)c2)nc2c1CCC2. The van der Waals surface area contributed by atoms with Gasteiger partial charge >= 0.3 is 0 Å². The minimum Gasteiger partial charge on any atom is -0.310 e. The summed E-state index contributed by atoms with van der Waals surface area (Å²) in [5.74, 6) is 1.40. The van der Waals surface area contributed by atoms with E-state index in [0.717, 1.165) is 46.3 Å². The van der Waals surface area contributed by atoms with Crippen molar-refractivity contribution >= 4 is 23.4 Å². The second-order valence-electron chi connectivity index (χ2n) is 4.54. The van der Waals surface area contributed by atoms with E-state index in [2.05, 4.69) is 9.97 Å². The van der Waals surface area contributed by atoms with Gasteiger partial charge in [-0.25, -0.2) is 4.98 Å². The second-order valence-corrected chi connectivity index (χ2v) is 6.02. The molecule has 2 aromatic rings. The molecule has 1 aliphatic rings. The Hall–Kier alpha value is -1.26. The molecule has 3 rings (SSSR count). The molecule has 3 nitrogen and oxygen atoms in total. The highest BCUT2D eigenvalue weighted by molar-refractivity contribution is 7.98. The van der Waals surface area contributed by atoms with Crippen LogP contribution in [0.3, 0.4) is 0 Å². The standard InChI is InChI=1S/C14H13ClN2OS/c15-9-3-1-4-10(7-9)19-8-13-16-12-6-2-5-11(12)14(18)17-13/h1,3-4,7H,2,5-6,8H2,(H,16,17,18). The number of aromatic amines is 1. The molecule has 0 aliphatic heterocycles. The van der Waals surface area contributed by atoms with Crippen molar-refractivity contribution < 1.29 is 0 Å². The third-order valence-electron chi connectivity index (χ3n) is 3.16. The summed E-state index contributed by atoms with van der Waals surface area (Å²) in [6, 6.07) is 7.68. The molecule has 0 unspecified atom stereocenters. The molecular formula is C14H13ClN2OS. The van der Waals surface area contributed by atoms with Gasteiger partial charge in [-0.2, -0.15) is 0 Å². The van der Waals surface area contributed by atoms with E-state index in [-0.39, 0.29) is 5.56 Å². The highest BCUT2D eigenvalue weighted by atomic mass is 35.5. The Labute approximate surface area is 120 Å². The Balaban J connectivity index is 1.77. The van der Waals surface area contributed by atoms with Crippen molar-refractivity contribution in [3.8, 4) is 0 Å². The van der Waals surface area contributed by atoms with Crippen molar-refractivity contribution in [1.82, 2.24) is 9.97 Å². The zero-order chi connectivity index (χ0) is 13.2. The first-order valence-corrected chi connectivity index (χ1v) is 7.58. The lowest BCUT2D eigenvalue weighted by Gasteiger charge is -2.04. The maximum absolute atomic E-state index is 11.9. The first kappa shape index (κ1) is 12.8. The molecule has 19 heavy (non-hydrogen) atoms. The maximum Gasteiger partial charge on any atom is 0.254 e. The van der Waals surface area contributed by atoms with E-state index >= 15 is 0 Å². The summed E-state index contributed by atoms with van der Waals surface area (Å²) in [7, 11) is 0. The van der Waals surface area contributed by atoms with E-state index in [1.165, 1.54) is 0 Å². The van der Waals surface area contributed by atoms with Gasteiger partial charge in [0.25, 0.3) is 5.56 Å². The topological polar surface area (TPSA) is 45.8 Å². The minimum atomic E-state index is 0.0317. The zero-order valence-electron chi connectivity index (χ0n) is 10.3. The molecule has 98 valence electrons. The Bertz CT molecular complexity index is 669. The lowest BCUT2D eigenvalue weighted by Crippen LogP contribution is -2.16. The number of thioether (sulfide) groups is 1. The molecule has 0 saturated carbocycles. The van der Waals surface area contributed by atoms with Crippen LogP contribution in [-0.2, 0) is 18.6 Å². The first-order chi connectivity index (χ1) is 9.22. The molecule has 5 heteroatoms. The molecule has 1 aromatic carbocycles. The molecule has 1 aromatic heterocycles. The van der Waals surface area contributed by atoms with Crippen LogP contribution in [0.4, 0.5) is 0 Å². The van der Waals surface area contributed by atoms with Gasteiger partial charge in [-0.15, -0.1) is 11.8 Å². The van der Waals surface area contributed by atoms with Crippen molar-refractivity contribution in [2.45, 2.75) is 29.9 Å². The number of nitrogens with zero attached hydrogens (tertiary/aromatic N) is 1. The average molecular weight is 293 g/mol. The highest BCUT2D eigenvalue weighted by Gasteiger charge is 2.16. The lowest BCUT2D eigenvalue weighted by atomic mass is 10.2. The molecule has 0 saturated heterocycles. The molecular weight excluding hydrogens is 280 g/mol. The van der Waals surface area contributed by atoms with E-state index < -0.39 is 0 Å². The smallest absolute Gasteiger partial charge is 0.254 e. The maximum atomic E-state index is 11.9. The molecule has 0 radical (unpaired) electrons. The molecule has 1 N–H and O–H groups in total. The van der Waals surface area contributed by atoms with Crippen LogP contribution in [0.25, 0.3) is 0 Å². The Morgan fingerprint density at radius 1 is 1.37 bits per heavy atom. The largest absolute Gasteiger partial charge is 0.310 e.